The van der Waals surface area contributed by atoms with Crippen molar-refractivity contribution in [1.82, 2.24) is 19.0 Å². The second kappa shape index (κ2) is 22.1. The van der Waals surface area contributed by atoms with E-state index in [0.29, 0.717) is 59.0 Å². The molecule has 1 unspecified atom stereocenters. The molecule has 1 aliphatic heterocycles. The molecule has 38 heavy (non-hydrogen) atoms. The summed E-state index contributed by atoms with van der Waals surface area (Å²) in [4.78, 5) is 38.0. The number of ether oxygens (including phenoxy) is 1. The number of carboxylic acid groups (broad SMARTS) is 3. The molecule has 0 aromatic rings. The van der Waals surface area contributed by atoms with Gasteiger partial charge in [-0.05, 0) is 13.1 Å². The van der Waals surface area contributed by atoms with Crippen molar-refractivity contribution in [3.8, 4) is 0 Å². The second-order valence-electron chi connectivity index (χ2n) is 8.45. The summed E-state index contributed by atoms with van der Waals surface area (Å²) in [7, 11) is -1.79. The number of carbonyl (C=O) groups is 3. The number of hydrogen-bond donors (Lipinski definition) is 4. The monoisotopic (exact) mass is 713 g/mol. The van der Waals surface area contributed by atoms with Crippen LogP contribution >= 0.6 is 0 Å². The summed E-state index contributed by atoms with van der Waals surface area (Å²) in [6, 6.07) is 0. The van der Waals surface area contributed by atoms with Crippen LogP contribution < -0.4 is 0 Å². The Kier molecular flexibility index (Phi) is 23.0. The first-order chi connectivity index (χ1) is 17.2. The number of nitrogens with zero attached hydrogens (tertiary/aromatic N) is 5. The molecule has 15 nitrogen and oxygen atoms in total. The standard InChI is InChI=1S/C14H25N4O6.C7H16NO4S.Gd/c19-12(20)9-16-3-1-15-2-4-17(10-13(21)22)6-8-18(7-5-16)11-14(23)24;1-7(9)6-8(4-5-12-2)13(3,10)11;/h1-11H2,(H,19,20)(H,21,22)(H,23,24);7,9H,1,4-6H2,2-3H3;/q2*-1;+2. The van der Waals surface area contributed by atoms with Crippen molar-refractivity contribution in [2.45, 2.75) is 6.10 Å². The molecule has 0 aromatic heterocycles. The summed E-state index contributed by atoms with van der Waals surface area (Å²) >= 11 is 0. The number of hydrogen-bond acceptors (Lipinski definition) is 10. The van der Waals surface area contributed by atoms with Crippen molar-refractivity contribution in [3.63, 3.8) is 0 Å². The molecule has 0 aromatic carbocycles. The van der Waals surface area contributed by atoms with Gasteiger partial charge in [-0.2, -0.15) is 0 Å². The van der Waals surface area contributed by atoms with E-state index in [9.17, 15) is 22.8 Å². The Morgan fingerprint density at radius 1 is 0.895 bits per heavy atom. The zero-order valence-corrected chi connectivity index (χ0v) is 25.0. The van der Waals surface area contributed by atoms with Crippen LogP contribution in [-0.4, -0.2) is 177 Å². The Labute approximate surface area is 256 Å². The summed E-state index contributed by atoms with van der Waals surface area (Å²) < 4.78 is 28.1. The molecule has 1 heterocycles. The number of carboxylic acids is 3. The largest absolute Gasteiger partial charge is 2.00 e. The van der Waals surface area contributed by atoms with Crippen molar-refractivity contribution in [2.24, 2.45) is 0 Å². The quantitative estimate of drug-likeness (QED) is 0.157. The molecule has 1 fully saturated rings. The number of aliphatic carboxylic acids is 3. The predicted molar refractivity (Wildman–Crippen MR) is 135 cm³/mol. The van der Waals surface area contributed by atoms with Gasteiger partial charge in [-0.3, -0.25) is 29.1 Å². The molecule has 1 atom stereocenters. The summed E-state index contributed by atoms with van der Waals surface area (Å²) in [5.41, 5.74) is 0. The average molecular weight is 713 g/mol. The number of aliphatic hydroxyl groups is 1. The minimum atomic E-state index is -3.28. The van der Waals surface area contributed by atoms with E-state index in [-0.39, 0.29) is 72.7 Å². The fourth-order valence-corrected chi connectivity index (χ4v) is 4.16. The predicted octanol–water partition coefficient (Wildman–Crippen LogP) is -2.38. The second-order valence-corrected chi connectivity index (χ2v) is 10.4. The Morgan fingerprint density at radius 2 is 1.26 bits per heavy atom. The van der Waals surface area contributed by atoms with Crippen LogP contribution in [0, 0.1) is 46.9 Å². The molecule has 0 radical (unpaired) electrons. The normalized spacial score (nSPS) is 17.7. The third-order valence-corrected chi connectivity index (χ3v) is 6.39. The van der Waals surface area contributed by atoms with Crippen molar-refractivity contribution in [3.05, 3.63) is 12.2 Å². The van der Waals surface area contributed by atoms with E-state index < -0.39 is 34.0 Å². The minimum Gasteiger partial charge on any atom is -0.660 e. The van der Waals surface area contributed by atoms with E-state index in [1.165, 1.54) is 7.11 Å². The number of methoxy groups -OCH3 is 1. The van der Waals surface area contributed by atoms with Gasteiger partial charge in [-0.1, -0.05) is 6.10 Å². The SMILES string of the molecule is O=C(O)CN1CC[N-]CCN(CC(=O)O)CCN(CC(=O)O)CC1.[CH2-]C(O)CN(CCOC)S(C)(=O)=O.[Gd+2]. The first-order valence-corrected chi connectivity index (χ1v) is 13.5. The van der Waals surface area contributed by atoms with E-state index in [0.717, 1.165) is 10.6 Å². The zero-order chi connectivity index (χ0) is 28.4. The van der Waals surface area contributed by atoms with Crippen LogP contribution in [0.3, 0.4) is 0 Å². The van der Waals surface area contributed by atoms with Gasteiger partial charge < -0.3 is 37.4 Å². The topological polar surface area (TPSA) is 203 Å². The van der Waals surface area contributed by atoms with Gasteiger partial charge in [0.1, 0.15) is 0 Å². The summed E-state index contributed by atoms with van der Waals surface area (Å²) in [6.45, 7) is 7.02. The maximum absolute atomic E-state index is 11.1. The molecule has 0 amide bonds. The summed E-state index contributed by atoms with van der Waals surface area (Å²) in [5.74, 6) is -2.83. The zero-order valence-electron chi connectivity index (χ0n) is 21.9. The summed E-state index contributed by atoms with van der Waals surface area (Å²) in [5, 5.41) is 40.1. The maximum Gasteiger partial charge on any atom is 2.00 e. The van der Waals surface area contributed by atoms with Crippen LogP contribution in [0.2, 0.25) is 0 Å². The molecule has 0 bridgehead atoms. The van der Waals surface area contributed by atoms with Crippen LogP contribution in [0.4, 0.5) is 0 Å². The Bertz CT molecular complexity index is 760. The third-order valence-electron chi connectivity index (χ3n) is 5.12. The van der Waals surface area contributed by atoms with Gasteiger partial charge in [-0.15, -0.1) is 13.1 Å². The van der Waals surface area contributed by atoms with Crippen molar-refractivity contribution < 1.29 is 87.9 Å². The summed E-state index contributed by atoms with van der Waals surface area (Å²) in [6.07, 6.45) is 0.178. The molecule has 1 rings (SSSR count). The van der Waals surface area contributed by atoms with Crippen LogP contribution in [0.15, 0.2) is 0 Å². The van der Waals surface area contributed by atoms with Gasteiger partial charge in [0.15, 0.2) is 0 Å². The van der Waals surface area contributed by atoms with E-state index >= 15 is 0 Å². The molecule has 4 N–H and O–H groups in total. The Balaban J connectivity index is 0. The molecule has 17 heteroatoms. The van der Waals surface area contributed by atoms with E-state index in [4.69, 9.17) is 25.2 Å². The van der Waals surface area contributed by atoms with Crippen LogP contribution in [0.1, 0.15) is 0 Å². The van der Waals surface area contributed by atoms with E-state index in [2.05, 4.69) is 12.2 Å². The Hall–Kier alpha value is -0.595. The molecule has 0 spiro atoms. The number of aliphatic hydroxyl groups excluding tert-OH is 1. The smallest absolute Gasteiger partial charge is 0.660 e. The van der Waals surface area contributed by atoms with Crippen LogP contribution in [0.25, 0.3) is 5.32 Å². The fourth-order valence-electron chi connectivity index (χ4n) is 3.31. The van der Waals surface area contributed by atoms with Crippen LogP contribution in [-0.2, 0) is 29.1 Å². The van der Waals surface area contributed by atoms with Gasteiger partial charge in [0.05, 0.1) is 32.5 Å². The first kappa shape index (κ1) is 39.5. The fraction of sp³-hybridized carbons (Fsp3) is 0.810. The van der Waals surface area contributed by atoms with Crippen molar-refractivity contribution >= 4 is 27.9 Å². The van der Waals surface area contributed by atoms with Gasteiger partial charge in [-0.25, -0.2) is 12.7 Å². The van der Waals surface area contributed by atoms with Crippen LogP contribution in [0.5, 0.6) is 0 Å². The molecular weight excluding hydrogens is 672 g/mol. The Morgan fingerprint density at radius 3 is 1.55 bits per heavy atom. The molecular formula is C21H41GdN5O10S. The van der Waals surface area contributed by atoms with Crippen molar-refractivity contribution in [1.29, 1.82) is 0 Å². The molecule has 0 aliphatic carbocycles. The molecule has 1 aliphatic rings. The number of sulfonamides is 1. The molecule has 0 saturated carbocycles. The molecule has 224 valence electrons. The van der Waals surface area contributed by atoms with Gasteiger partial charge in [0, 0.05) is 46.4 Å². The first-order valence-electron chi connectivity index (χ1n) is 11.7. The third kappa shape index (κ3) is 22.2. The average Bonchev–Trinajstić information content (AvgIpc) is 2.75. The number of rotatable bonds is 12. The molecule has 1 saturated heterocycles. The van der Waals surface area contributed by atoms with Gasteiger partial charge >= 0.3 is 57.8 Å². The van der Waals surface area contributed by atoms with Gasteiger partial charge in [0.2, 0.25) is 10.0 Å². The maximum atomic E-state index is 11.1. The van der Waals surface area contributed by atoms with Crippen molar-refractivity contribution in [2.75, 3.05) is 105 Å². The van der Waals surface area contributed by atoms with E-state index in [1.807, 2.05) is 0 Å². The minimum absolute atomic E-state index is 0. The van der Waals surface area contributed by atoms with Gasteiger partial charge in [0.25, 0.3) is 0 Å². The van der Waals surface area contributed by atoms with E-state index in [1.54, 1.807) is 14.7 Å².